The van der Waals surface area contributed by atoms with E-state index in [0.29, 0.717) is 16.5 Å². The molecular weight excluding hydrogens is 404 g/mol. The Hall–Kier alpha value is -2.38. The van der Waals surface area contributed by atoms with Gasteiger partial charge in [-0.2, -0.15) is 0 Å². The summed E-state index contributed by atoms with van der Waals surface area (Å²) < 4.78 is 6.99. The third-order valence-electron chi connectivity index (χ3n) is 5.50. The third-order valence-corrected chi connectivity index (χ3v) is 7.76. The van der Waals surface area contributed by atoms with Gasteiger partial charge in [-0.15, -0.1) is 11.3 Å². The van der Waals surface area contributed by atoms with Crippen molar-refractivity contribution in [1.29, 1.82) is 0 Å². The Morgan fingerprint density at radius 2 is 2.03 bits per heavy atom. The molecule has 1 aromatic carbocycles. The Bertz CT molecular complexity index is 1380. The summed E-state index contributed by atoms with van der Waals surface area (Å²) in [4.78, 5) is 32.0. The van der Waals surface area contributed by atoms with Crippen LogP contribution in [0, 0.1) is 6.92 Å². The Kier molecular flexibility index (Phi) is 4.59. The lowest BCUT2D eigenvalue weighted by Crippen LogP contribution is -2.20. The fourth-order valence-electron chi connectivity index (χ4n) is 4.00. The highest BCUT2D eigenvalue weighted by Crippen LogP contribution is 2.35. The number of fused-ring (bicyclic) bond motifs is 4. The summed E-state index contributed by atoms with van der Waals surface area (Å²) in [7, 11) is 1.78. The van der Waals surface area contributed by atoms with Gasteiger partial charge in [0.15, 0.2) is 5.16 Å². The first-order chi connectivity index (χ1) is 14.0. The molecule has 7 heteroatoms. The monoisotopic (exact) mass is 424 g/mol. The van der Waals surface area contributed by atoms with Gasteiger partial charge in [0.2, 0.25) is 0 Å². The zero-order valence-corrected chi connectivity index (χ0v) is 17.9. The van der Waals surface area contributed by atoms with Gasteiger partial charge < -0.3 is 4.42 Å². The SMILES string of the molecule is Cc1ccc2c(CSc3nc4sc5c(c4c(=O)n3C)CCCC5)cc(=O)oc2c1. The van der Waals surface area contributed by atoms with Gasteiger partial charge >= 0.3 is 5.63 Å². The largest absolute Gasteiger partial charge is 0.423 e. The van der Waals surface area contributed by atoms with E-state index < -0.39 is 0 Å². The number of thiophene rings is 1. The van der Waals surface area contributed by atoms with Crippen molar-refractivity contribution >= 4 is 44.3 Å². The molecule has 0 fully saturated rings. The molecule has 1 aliphatic carbocycles. The van der Waals surface area contributed by atoms with Gasteiger partial charge in [-0.1, -0.05) is 23.9 Å². The molecule has 148 valence electrons. The van der Waals surface area contributed by atoms with Crippen molar-refractivity contribution in [2.75, 3.05) is 0 Å². The lowest BCUT2D eigenvalue weighted by Gasteiger charge is -2.11. The predicted octanol–water partition coefficient (Wildman–Crippen LogP) is 4.58. The second kappa shape index (κ2) is 7.15. The molecule has 1 aliphatic rings. The maximum absolute atomic E-state index is 13.0. The third kappa shape index (κ3) is 3.22. The minimum Gasteiger partial charge on any atom is -0.423 e. The first kappa shape index (κ1) is 18.6. The van der Waals surface area contributed by atoms with Crippen molar-refractivity contribution < 1.29 is 4.42 Å². The molecule has 4 aromatic rings. The molecule has 0 saturated carbocycles. The Labute approximate surface area is 175 Å². The number of hydrogen-bond donors (Lipinski definition) is 0. The van der Waals surface area contributed by atoms with Crippen LogP contribution in [0.2, 0.25) is 0 Å². The van der Waals surface area contributed by atoms with Crippen LogP contribution in [-0.2, 0) is 25.6 Å². The molecule has 29 heavy (non-hydrogen) atoms. The zero-order chi connectivity index (χ0) is 20.1. The standard InChI is InChI=1S/C22H20N2O3S2/c1-12-7-8-14-13(10-18(25)27-16(14)9-12)11-28-22-23-20-19(21(26)24(22)2)15-5-3-4-6-17(15)29-20/h7-10H,3-6,11H2,1-2H3. The predicted molar refractivity (Wildman–Crippen MR) is 118 cm³/mol. The summed E-state index contributed by atoms with van der Waals surface area (Å²) in [6.07, 6.45) is 4.35. The van der Waals surface area contributed by atoms with Crippen molar-refractivity contribution in [1.82, 2.24) is 9.55 Å². The molecule has 0 aliphatic heterocycles. The summed E-state index contributed by atoms with van der Waals surface area (Å²) in [5, 5.41) is 2.40. The van der Waals surface area contributed by atoms with Crippen LogP contribution in [-0.4, -0.2) is 9.55 Å². The molecular formula is C22H20N2O3S2. The van der Waals surface area contributed by atoms with Gasteiger partial charge in [-0.05, 0) is 55.4 Å². The van der Waals surface area contributed by atoms with E-state index in [1.165, 1.54) is 34.7 Å². The van der Waals surface area contributed by atoms with E-state index in [1.807, 2.05) is 25.1 Å². The van der Waals surface area contributed by atoms with E-state index in [9.17, 15) is 9.59 Å². The minimum absolute atomic E-state index is 0.0324. The lowest BCUT2D eigenvalue weighted by atomic mass is 9.97. The first-order valence-corrected chi connectivity index (χ1v) is 11.5. The van der Waals surface area contributed by atoms with Crippen molar-refractivity contribution in [3.05, 3.63) is 66.6 Å². The molecule has 3 heterocycles. The second-order valence-electron chi connectivity index (χ2n) is 7.53. The van der Waals surface area contributed by atoms with Crippen LogP contribution in [0.25, 0.3) is 21.2 Å². The van der Waals surface area contributed by atoms with Crippen LogP contribution >= 0.6 is 23.1 Å². The molecule has 0 amide bonds. The van der Waals surface area contributed by atoms with Crippen LogP contribution in [0.3, 0.4) is 0 Å². The van der Waals surface area contributed by atoms with E-state index in [0.717, 1.165) is 46.0 Å². The van der Waals surface area contributed by atoms with Crippen LogP contribution < -0.4 is 11.2 Å². The average molecular weight is 425 g/mol. The van der Waals surface area contributed by atoms with Crippen LogP contribution in [0.4, 0.5) is 0 Å². The molecule has 5 nitrogen and oxygen atoms in total. The van der Waals surface area contributed by atoms with Crippen molar-refractivity contribution in [2.45, 2.75) is 43.5 Å². The van der Waals surface area contributed by atoms with E-state index in [4.69, 9.17) is 9.40 Å². The Balaban J connectivity index is 1.55. The normalized spacial score (nSPS) is 13.9. The molecule has 0 N–H and O–H groups in total. The summed E-state index contributed by atoms with van der Waals surface area (Å²) in [6.45, 7) is 1.97. The van der Waals surface area contributed by atoms with Crippen LogP contribution in [0.15, 0.2) is 43.4 Å². The molecule has 0 radical (unpaired) electrons. The van der Waals surface area contributed by atoms with Gasteiger partial charge in [0, 0.05) is 29.1 Å². The maximum Gasteiger partial charge on any atom is 0.336 e. The molecule has 0 saturated heterocycles. The van der Waals surface area contributed by atoms with E-state index >= 15 is 0 Å². The Morgan fingerprint density at radius 1 is 1.21 bits per heavy atom. The number of hydrogen-bond acceptors (Lipinski definition) is 6. The molecule has 5 rings (SSSR count). The minimum atomic E-state index is -0.359. The summed E-state index contributed by atoms with van der Waals surface area (Å²) >= 11 is 3.14. The van der Waals surface area contributed by atoms with E-state index in [2.05, 4.69) is 0 Å². The van der Waals surface area contributed by atoms with Gasteiger partial charge in [0.05, 0.1) is 5.39 Å². The molecule has 0 bridgehead atoms. The molecule has 0 unspecified atom stereocenters. The first-order valence-electron chi connectivity index (χ1n) is 9.69. The van der Waals surface area contributed by atoms with Gasteiger partial charge in [0.1, 0.15) is 10.4 Å². The molecule has 0 spiro atoms. The number of aryl methyl sites for hydroxylation is 3. The number of nitrogens with zero attached hydrogens (tertiary/aromatic N) is 2. The number of thioether (sulfide) groups is 1. The second-order valence-corrected chi connectivity index (χ2v) is 9.55. The van der Waals surface area contributed by atoms with Gasteiger partial charge in [-0.3, -0.25) is 9.36 Å². The van der Waals surface area contributed by atoms with E-state index in [1.54, 1.807) is 23.0 Å². The lowest BCUT2D eigenvalue weighted by molar-refractivity contribution is 0.559. The van der Waals surface area contributed by atoms with Crippen molar-refractivity contribution in [3.63, 3.8) is 0 Å². The fraction of sp³-hybridized carbons (Fsp3) is 0.318. The van der Waals surface area contributed by atoms with Gasteiger partial charge in [0.25, 0.3) is 5.56 Å². The van der Waals surface area contributed by atoms with E-state index in [-0.39, 0.29) is 11.2 Å². The van der Waals surface area contributed by atoms with Crippen LogP contribution in [0.1, 0.15) is 34.4 Å². The highest BCUT2D eigenvalue weighted by atomic mass is 32.2. The molecule has 3 aromatic heterocycles. The highest BCUT2D eigenvalue weighted by molar-refractivity contribution is 7.98. The molecule has 0 atom stereocenters. The summed E-state index contributed by atoms with van der Waals surface area (Å²) in [6, 6.07) is 7.39. The summed E-state index contributed by atoms with van der Waals surface area (Å²) in [5.74, 6) is 0.544. The van der Waals surface area contributed by atoms with Gasteiger partial charge in [-0.25, -0.2) is 9.78 Å². The Morgan fingerprint density at radius 3 is 2.90 bits per heavy atom. The smallest absolute Gasteiger partial charge is 0.336 e. The zero-order valence-electron chi connectivity index (χ0n) is 16.3. The number of aromatic nitrogens is 2. The van der Waals surface area contributed by atoms with Crippen molar-refractivity contribution in [3.8, 4) is 0 Å². The maximum atomic E-state index is 13.0. The van der Waals surface area contributed by atoms with Crippen LogP contribution in [0.5, 0.6) is 0 Å². The fourth-order valence-corrected chi connectivity index (χ4v) is 6.26. The number of rotatable bonds is 3. The topological polar surface area (TPSA) is 65.1 Å². The average Bonchev–Trinajstić information content (AvgIpc) is 3.07. The van der Waals surface area contributed by atoms with Crippen molar-refractivity contribution in [2.24, 2.45) is 7.05 Å². The quantitative estimate of drug-likeness (QED) is 0.274. The number of benzene rings is 1. The summed E-state index contributed by atoms with van der Waals surface area (Å²) in [5.41, 5.74) is 3.41. The highest BCUT2D eigenvalue weighted by Gasteiger charge is 2.21.